The third kappa shape index (κ3) is 4.45. The third-order valence-electron chi connectivity index (χ3n) is 5.54. The molecule has 1 aliphatic heterocycles. The van der Waals surface area contributed by atoms with E-state index in [0.717, 1.165) is 24.2 Å². The second-order valence-electron chi connectivity index (χ2n) is 8.27. The summed E-state index contributed by atoms with van der Waals surface area (Å²) in [5.74, 6) is 7.53. The van der Waals surface area contributed by atoms with Gasteiger partial charge in [-0.25, -0.2) is 9.50 Å². The molecule has 0 radical (unpaired) electrons. The van der Waals surface area contributed by atoms with E-state index in [2.05, 4.69) is 32.6 Å². The highest BCUT2D eigenvalue weighted by molar-refractivity contribution is 6.03. The Morgan fingerprint density at radius 2 is 2.03 bits per heavy atom. The third-order valence-corrected chi connectivity index (χ3v) is 5.54. The van der Waals surface area contributed by atoms with Crippen molar-refractivity contribution in [3.05, 3.63) is 71.3 Å². The number of carbonyl (C=O) groups excluding carboxylic acids is 1. The maximum atomic E-state index is 12.7. The first-order valence-corrected chi connectivity index (χ1v) is 10.8. The van der Waals surface area contributed by atoms with Crippen molar-refractivity contribution in [1.29, 1.82) is 0 Å². The van der Waals surface area contributed by atoms with Crippen LogP contribution in [0.5, 0.6) is 11.6 Å². The number of aromatic nitrogens is 4. The molecular weight excluding hydrogens is 416 g/mol. The van der Waals surface area contributed by atoms with Crippen LogP contribution in [0, 0.1) is 31.6 Å². The van der Waals surface area contributed by atoms with Crippen molar-refractivity contribution in [3.8, 4) is 23.5 Å². The molecule has 4 aromatic rings. The number of amides is 1. The Morgan fingerprint density at radius 1 is 1.18 bits per heavy atom. The molecule has 0 saturated carbocycles. The number of nitrogens with zero attached hydrogens (tertiary/aromatic N) is 4. The van der Waals surface area contributed by atoms with E-state index in [1.807, 2.05) is 55.9 Å². The standard InChI is InChI=1S/C25H24N6O2/c1-16-10-22(30(3)14-16)25(32)28-21-11-20(7-4-17(21)2)33-24-9-8-23-27-19(15-31(23)29-24)6-5-18-12-26-13-18/h4,7-11,14-15,18,26H,12-13H2,1-3H3,(H,28,32). The molecule has 1 amide bonds. The monoisotopic (exact) mass is 440 g/mol. The lowest BCUT2D eigenvalue weighted by Gasteiger charge is -2.20. The van der Waals surface area contributed by atoms with Crippen LogP contribution in [0.2, 0.25) is 0 Å². The summed E-state index contributed by atoms with van der Waals surface area (Å²) in [6.45, 7) is 5.76. The van der Waals surface area contributed by atoms with Crippen LogP contribution >= 0.6 is 0 Å². The number of carbonyl (C=O) groups is 1. The van der Waals surface area contributed by atoms with E-state index in [1.165, 1.54) is 0 Å². The number of rotatable bonds is 4. The minimum atomic E-state index is -0.171. The molecule has 33 heavy (non-hydrogen) atoms. The quantitative estimate of drug-likeness (QED) is 0.476. The second kappa shape index (κ2) is 8.45. The molecule has 5 rings (SSSR count). The predicted molar refractivity (Wildman–Crippen MR) is 126 cm³/mol. The number of fused-ring (bicyclic) bond motifs is 1. The van der Waals surface area contributed by atoms with Gasteiger partial charge in [-0.05, 0) is 49.1 Å². The second-order valence-corrected chi connectivity index (χ2v) is 8.27. The van der Waals surface area contributed by atoms with Crippen LogP contribution in [0.3, 0.4) is 0 Å². The molecule has 1 aliphatic rings. The van der Waals surface area contributed by atoms with Crippen molar-refractivity contribution in [1.82, 2.24) is 24.5 Å². The van der Waals surface area contributed by atoms with Crippen molar-refractivity contribution in [3.63, 3.8) is 0 Å². The lowest BCUT2D eigenvalue weighted by Crippen LogP contribution is -2.40. The van der Waals surface area contributed by atoms with Crippen LogP contribution in [0.15, 0.2) is 48.8 Å². The van der Waals surface area contributed by atoms with Gasteiger partial charge in [0.05, 0.1) is 6.20 Å². The number of aryl methyl sites for hydroxylation is 3. The van der Waals surface area contributed by atoms with Gasteiger partial charge in [0, 0.05) is 50.1 Å². The van der Waals surface area contributed by atoms with Crippen molar-refractivity contribution in [2.45, 2.75) is 13.8 Å². The van der Waals surface area contributed by atoms with Crippen molar-refractivity contribution in [2.24, 2.45) is 13.0 Å². The van der Waals surface area contributed by atoms with E-state index < -0.39 is 0 Å². The molecule has 1 aromatic carbocycles. The Labute approximate surface area is 191 Å². The van der Waals surface area contributed by atoms with E-state index >= 15 is 0 Å². The normalized spacial score (nSPS) is 13.3. The summed E-state index contributed by atoms with van der Waals surface area (Å²) >= 11 is 0. The van der Waals surface area contributed by atoms with E-state index in [1.54, 1.807) is 22.8 Å². The Hall–Kier alpha value is -4.09. The number of benzene rings is 1. The molecule has 3 aromatic heterocycles. The maximum Gasteiger partial charge on any atom is 0.272 e. The molecule has 8 heteroatoms. The van der Waals surface area contributed by atoms with Gasteiger partial charge in [-0.1, -0.05) is 12.0 Å². The van der Waals surface area contributed by atoms with Gasteiger partial charge in [0.15, 0.2) is 5.65 Å². The molecule has 0 aliphatic carbocycles. The van der Waals surface area contributed by atoms with Crippen LogP contribution < -0.4 is 15.4 Å². The first-order valence-electron chi connectivity index (χ1n) is 10.8. The molecular formula is C25H24N6O2. The molecule has 166 valence electrons. The first kappa shape index (κ1) is 20.8. The Balaban J connectivity index is 1.33. The van der Waals surface area contributed by atoms with Gasteiger partial charge in [-0.15, -0.1) is 5.10 Å². The largest absolute Gasteiger partial charge is 0.438 e. The van der Waals surface area contributed by atoms with Crippen molar-refractivity contribution < 1.29 is 9.53 Å². The number of ether oxygens (including phenoxy) is 1. The Bertz CT molecular complexity index is 1420. The lowest BCUT2D eigenvalue weighted by molar-refractivity contribution is 0.101. The molecule has 0 bridgehead atoms. The van der Waals surface area contributed by atoms with E-state index in [4.69, 9.17) is 4.74 Å². The fourth-order valence-electron chi connectivity index (χ4n) is 3.61. The lowest BCUT2D eigenvalue weighted by atomic mass is 10.0. The van der Waals surface area contributed by atoms with Crippen LogP contribution in [-0.4, -0.2) is 38.2 Å². The summed E-state index contributed by atoms with van der Waals surface area (Å²) in [7, 11) is 1.85. The number of anilines is 1. The molecule has 0 unspecified atom stereocenters. The summed E-state index contributed by atoms with van der Waals surface area (Å²) in [4.78, 5) is 17.2. The number of imidazole rings is 1. The van der Waals surface area contributed by atoms with Gasteiger partial charge >= 0.3 is 0 Å². The smallest absolute Gasteiger partial charge is 0.272 e. The topological polar surface area (TPSA) is 85.5 Å². The fourth-order valence-corrected chi connectivity index (χ4v) is 3.61. The van der Waals surface area contributed by atoms with Gasteiger partial charge in [-0.3, -0.25) is 4.79 Å². The summed E-state index contributed by atoms with van der Waals surface area (Å²) in [6, 6.07) is 11.0. The fraction of sp³-hybridized carbons (Fsp3) is 0.240. The summed E-state index contributed by atoms with van der Waals surface area (Å²) in [5, 5.41) is 10.7. The van der Waals surface area contributed by atoms with E-state index in [9.17, 15) is 4.79 Å². The average molecular weight is 441 g/mol. The van der Waals surface area contributed by atoms with Crippen LogP contribution in [-0.2, 0) is 7.05 Å². The maximum absolute atomic E-state index is 12.7. The predicted octanol–water partition coefficient (Wildman–Crippen LogP) is 3.30. The van der Waals surface area contributed by atoms with Crippen molar-refractivity contribution in [2.75, 3.05) is 18.4 Å². The van der Waals surface area contributed by atoms with Crippen LogP contribution in [0.4, 0.5) is 5.69 Å². The van der Waals surface area contributed by atoms with Gasteiger partial charge in [0.2, 0.25) is 5.88 Å². The SMILES string of the molecule is Cc1cc(C(=O)Nc2cc(Oc3ccc4nc(C#CC5CNC5)cn4n3)ccc2C)n(C)c1. The van der Waals surface area contributed by atoms with Gasteiger partial charge in [0.1, 0.15) is 17.1 Å². The first-order chi connectivity index (χ1) is 15.9. The van der Waals surface area contributed by atoms with Crippen molar-refractivity contribution >= 4 is 17.2 Å². The molecule has 2 N–H and O–H groups in total. The average Bonchev–Trinajstić information content (AvgIpc) is 3.30. The number of hydrogen-bond acceptors (Lipinski definition) is 5. The highest BCUT2D eigenvalue weighted by Gasteiger charge is 2.14. The highest BCUT2D eigenvalue weighted by atomic mass is 16.5. The Morgan fingerprint density at radius 3 is 2.76 bits per heavy atom. The van der Waals surface area contributed by atoms with E-state index in [-0.39, 0.29) is 5.91 Å². The number of hydrogen-bond donors (Lipinski definition) is 2. The molecule has 0 atom stereocenters. The summed E-state index contributed by atoms with van der Waals surface area (Å²) < 4.78 is 9.44. The van der Waals surface area contributed by atoms with Crippen LogP contribution in [0.25, 0.3) is 5.65 Å². The number of nitrogens with one attached hydrogen (secondary N) is 2. The van der Waals surface area contributed by atoms with Crippen LogP contribution in [0.1, 0.15) is 27.3 Å². The molecule has 1 fully saturated rings. The van der Waals surface area contributed by atoms with E-state index in [0.29, 0.717) is 40.3 Å². The minimum Gasteiger partial charge on any atom is -0.438 e. The minimum absolute atomic E-state index is 0.171. The molecule has 1 saturated heterocycles. The highest BCUT2D eigenvalue weighted by Crippen LogP contribution is 2.26. The Kier molecular flexibility index (Phi) is 5.32. The summed E-state index contributed by atoms with van der Waals surface area (Å²) in [5.41, 5.74) is 4.63. The zero-order chi connectivity index (χ0) is 22.9. The zero-order valence-corrected chi connectivity index (χ0v) is 18.7. The van der Waals surface area contributed by atoms with Gasteiger partial charge in [0.25, 0.3) is 5.91 Å². The zero-order valence-electron chi connectivity index (χ0n) is 18.7. The molecule has 0 spiro atoms. The molecule has 4 heterocycles. The summed E-state index contributed by atoms with van der Waals surface area (Å²) in [6.07, 6.45) is 3.71. The molecule has 8 nitrogen and oxygen atoms in total. The van der Waals surface area contributed by atoms with Gasteiger partial charge < -0.3 is 19.9 Å². The van der Waals surface area contributed by atoms with Gasteiger partial charge in [-0.2, -0.15) is 0 Å².